The summed E-state index contributed by atoms with van der Waals surface area (Å²) in [6.45, 7) is 0. The van der Waals surface area contributed by atoms with Gasteiger partial charge >= 0.3 is 0 Å². The molecule has 0 radical (unpaired) electrons. The smallest absolute Gasteiger partial charge is 0.261 e. The van der Waals surface area contributed by atoms with Crippen LogP contribution in [0.1, 0.15) is 25.7 Å². The van der Waals surface area contributed by atoms with Crippen LogP contribution in [0.5, 0.6) is 0 Å². The summed E-state index contributed by atoms with van der Waals surface area (Å²) in [5.74, 6) is -0.292. The topological polar surface area (TPSA) is 66.1 Å². The average molecular weight is 267 g/mol. The molecular weight excluding hydrogens is 254 g/mol. The number of rotatable bonds is 1. The van der Waals surface area contributed by atoms with Crippen LogP contribution in [0, 0.1) is 0 Å². The van der Waals surface area contributed by atoms with E-state index in [9.17, 15) is 9.59 Å². The quantitative estimate of drug-likeness (QED) is 0.806. The van der Waals surface area contributed by atoms with Gasteiger partial charge in [-0.2, -0.15) is 5.10 Å². The van der Waals surface area contributed by atoms with Crippen LogP contribution < -0.4 is 4.90 Å². The van der Waals surface area contributed by atoms with Crippen LogP contribution in [-0.2, 0) is 9.59 Å². The number of aromatic amines is 1. The van der Waals surface area contributed by atoms with Crippen LogP contribution in [-0.4, -0.2) is 22.0 Å². The third-order valence-corrected chi connectivity index (χ3v) is 4.07. The van der Waals surface area contributed by atoms with E-state index in [1.54, 1.807) is 12.3 Å². The molecule has 2 aliphatic rings. The fraction of sp³-hybridized carbons (Fsp3) is 0.267. The number of H-pyrrole nitrogens is 1. The van der Waals surface area contributed by atoms with Gasteiger partial charge in [-0.3, -0.25) is 14.7 Å². The number of nitrogens with one attached hydrogen (secondary N) is 1. The van der Waals surface area contributed by atoms with E-state index in [0.29, 0.717) is 16.8 Å². The lowest BCUT2D eigenvalue weighted by molar-refractivity contribution is -0.120. The van der Waals surface area contributed by atoms with Gasteiger partial charge in [-0.1, -0.05) is 0 Å². The number of fused-ring (bicyclic) bond motifs is 1. The maximum Gasteiger partial charge on any atom is 0.261 e. The number of hydrogen-bond donors (Lipinski definition) is 1. The first kappa shape index (κ1) is 11.4. The van der Waals surface area contributed by atoms with Crippen LogP contribution in [0.15, 0.2) is 35.5 Å². The van der Waals surface area contributed by atoms with Gasteiger partial charge in [0.05, 0.1) is 17.4 Å². The molecule has 0 spiro atoms. The Hall–Kier alpha value is -2.43. The second-order valence-electron chi connectivity index (χ2n) is 5.25. The maximum atomic E-state index is 12.4. The Balaban J connectivity index is 1.79. The van der Waals surface area contributed by atoms with Crippen LogP contribution in [0.3, 0.4) is 0 Å². The zero-order valence-corrected chi connectivity index (χ0v) is 10.8. The van der Waals surface area contributed by atoms with Crippen molar-refractivity contribution in [2.45, 2.75) is 25.7 Å². The van der Waals surface area contributed by atoms with E-state index < -0.39 is 0 Å². The summed E-state index contributed by atoms with van der Waals surface area (Å²) in [5.41, 5.74) is 2.95. The SMILES string of the molecule is O=C1C2=C(CCCC2)C(=O)N1c1ccc2[nH]ncc2c1. The first-order valence-electron chi connectivity index (χ1n) is 6.79. The Labute approximate surface area is 115 Å². The summed E-state index contributed by atoms with van der Waals surface area (Å²) in [4.78, 5) is 26.2. The number of imide groups is 1. The zero-order valence-electron chi connectivity index (χ0n) is 10.8. The second kappa shape index (κ2) is 4.03. The Morgan fingerprint density at radius 1 is 1.05 bits per heavy atom. The molecule has 0 unspecified atom stereocenters. The molecule has 1 aliphatic carbocycles. The number of carbonyl (C=O) groups is 2. The molecule has 2 aromatic rings. The van der Waals surface area contributed by atoms with E-state index >= 15 is 0 Å². The summed E-state index contributed by atoms with van der Waals surface area (Å²) in [6, 6.07) is 5.46. The summed E-state index contributed by atoms with van der Waals surface area (Å²) >= 11 is 0. The van der Waals surface area contributed by atoms with Crippen LogP contribution in [0.25, 0.3) is 10.9 Å². The van der Waals surface area contributed by atoms with E-state index in [1.807, 2.05) is 12.1 Å². The third kappa shape index (κ3) is 1.46. The van der Waals surface area contributed by atoms with Gasteiger partial charge in [0.15, 0.2) is 0 Å². The molecule has 1 aromatic carbocycles. The van der Waals surface area contributed by atoms with E-state index in [0.717, 1.165) is 36.6 Å². The summed E-state index contributed by atoms with van der Waals surface area (Å²) < 4.78 is 0. The van der Waals surface area contributed by atoms with Crippen LogP contribution in [0.2, 0.25) is 0 Å². The molecule has 1 aliphatic heterocycles. The number of anilines is 1. The van der Waals surface area contributed by atoms with Gasteiger partial charge in [-0.25, -0.2) is 4.90 Å². The lowest BCUT2D eigenvalue weighted by Crippen LogP contribution is -2.31. The van der Waals surface area contributed by atoms with Gasteiger partial charge in [-0.05, 0) is 43.9 Å². The van der Waals surface area contributed by atoms with Crippen molar-refractivity contribution in [1.29, 1.82) is 0 Å². The molecule has 1 aromatic heterocycles. The van der Waals surface area contributed by atoms with E-state index in [2.05, 4.69) is 10.2 Å². The van der Waals surface area contributed by atoms with Crippen molar-refractivity contribution in [3.05, 3.63) is 35.5 Å². The number of benzene rings is 1. The molecule has 5 nitrogen and oxygen atoms in total. The minimum absolute atomic E-state index is 0.146. The van der Waals surface area contributed by atoms with Crippen LogP contribution >= 0.6 is 0 Å². The highest BCUT2D eigenvalue weighted by atomic mass is 16.2. The lowest BCUT2D eigenvalue weighted by atomic mass is 9.93. The fourth-order valence-electron chi connectivity index (χ4n) is 3.04. The predicted molar refractivity (Wildman–Crippen MR) is 74.1 cm³/mol. The molecule has 20 heavy (non-hydrogen) atoms. The maximum absolute atomic E-state index is 12.4. The highest BCUT2D eigenvalue weighted by Crippen LogP contribution is 2.36. The van der Waals surface area contributed by atoms with Crippen molar-refractivity contribution in [3.63, 3.8) is 0 Å². The van der Waals surface area contributed by atoms with E-state index in [-0.39, 0.29) is 11.8 Å². The number of hydrogen-bond acceptors (Lipinski definition) is 3. The molecule has 2 amide bonds. The van der Waals surface area contributed by atoms with E-state index in [1.165, 1.54) is 4.90 Å². The van der Waals surface area contributed by atoms with Crippen molar-refractivity contribution < 1.29 is 9.59 Å². The standard InChI is InChI=1S/C15H13N3O2/c19-14-11-3-1-2-4-12(11)15(20)18(14)10-5-6-13-9(7-10)8-16-17-13/h5-8H,1-4H2,(H,16,17). The van der Waals surface area contributed by atoms with E-state index in [4.69, 9.17) is 0 Å². The Morgan fingerprint density at radius 2 is 1.75 bits per heavy atom. The summed E-state index contributed by atoms with van der Waals surface area (Å²) in [7, 11) is 0. The molecule has 1 N–H and O–H groups in total. The average Bonchev–Trinajstić information content (AvgIpc) is 3.03. The first-order chi connectivity index (χ1) is 9.75. The lowest BCUT2D eigenvalue weighted by Gasteiger charge is -2.15. The van der Waals surface area contributed by atoms with Gasteiger partial charge in [0.25, 0.3) is 11.8 Å². The van der Waals surface area contributed by atoms with Gasteiger partial charge in [0, 0.05) is 16.5 Å². The molecule has 0 fully saturated rings. The number of aromatic nitrogens is 2. The minimum Gasteiger partial charge on any atom is -0.278 e. The van der Waals surface area contributed by atoms with Gasteiger partial charge in [0.2, 0.25) is 0 Å². The monoisotopic (exact) mass is 267 g/mol. The van der Waals surface area contributed by atoms with Crippen LogP contribution in [0.4, 0.5) is 5.69 Å². The number of nitrogens with zero attached hydrogens (tertiary/aromatic N) is 2. The molecule has 4 rings (SSSR count). The molecular formula is C15H13N3O2. The number of amides is 2. The van der Waals surface area contributed by atoms with Crippen molar-refractivity contribution in [1.82, 2.24) is 10.2 Å². The highest BCUT2D eigenvalue weighted by Gasteiger charge is 2.39. The third-order valence-electron chi connectivity index (χ3n) is 4.07. The van der Waals surface area contributed by atoms with Gasteiger partial charge < -0.3 is 0 Å². The highest BCUT2D eigenvalue weighted by molar-refractivity contribution is 6.33. The molecule has 0 bridgehead atoms. The molecule has 2 heterocycles. The largest absolute Gasteiger partial charge is 0.278 e. The minimum atomic E-state index is -0.146. The fourth-order valence-corrected chi connectivity index (χ4v) is 3.04. The molecule has 5 heteroatoms. The van der Waals surface area contributed by atoms with Crippen molar-refractivity contribution in [3.8, 4) is 0 Å². The predicted octanol–water partition coefficient (Wildman–Crippen LogP) is 2.31. The Morgan fingerprint density at radius 3 is 2.45 bits per heavy atom. The number of carbonyl (C=O) groups excluding carboxylic acids is 2. The van der Waals surface area contributed by atoms with Gasteiger partial charge in [0.1, 0.15) is 0 Å². The van der Waals surface area contributed by atoms with Gasteiger partial charge in [-0.15, -0.1) is 0 Å². The molecule has 0 atom stereocenters. The van der Waals surface area contributed by atoms with Crippen molar-refractivity contribution >= 4 is 28.4 Å². The Kier molecular flexibility index (Phi) is 2.30. The molecule has 0 saturated heterocycles. The Bertz CT molecular complexity index is 744. The molecule has 100 valence electrons. The van der Waals surface area contributed by atoms with Crippen molar-refractivity contribution in [2.75, 3.05) is 4.90 Å². The molecule has 0 saturated carbocycles. The second-order valence-corrected chi connectivity index (χ2v) is 5.25. The summed E-state index contributed by atoms with van der Waals surface area (Å²) in [5, 5.41) is 7.71. The zero-order chi connectivity index (χ0) is 13.7. The first-order valence-corrected chi connectivity index (χ1v) is 6.79. The van der Waals surface area contributed by atoms with Crippen molar-refractivity contribution in [2.24, 2.45) is 0 Å². The normalized spacial score (nSPS) is 19.1. The summed E-state index contributed by atoms with van der Waals surface area (Å²) in [6.07, 6.45) is 5.13.